The fourth-order valence-electron chi connectivity index (χ4n) is 6.42. The monoisotopic (exact) mass is 549 g/mol. The van der Waals surface area contributed by atoms with Gasteiger partial charge in [-0.2, -0.15) is 5.26 Å². The number of nitriles is 1. The molecule has 0 radical (unpaired) electrons. The van der Waals surface area contributed by atoms with E-state index >= 15 is 0 Å². The standard InChI is InChI=1S/C28H25F2N5O3S/c1-36-25-18(29)6-16(7-19(25)30)21-22-23-17(8-33-26(22)34-24(21)20-9-32-15-39-20)10-38-28(23)3-5-35(12-28)11-27(2-4-31)13-37-14-27/h6-9,15H,2-3,5,10-14H2,1H3,(H,33,34)/t28-/m1/s1. The van der Waals surface area contributed by atoms with Crippen LogP contribution >= 0.6 is 11.3 Å². The molecular weight excluding hydrogens is 524 g/mol. The maximum Gasteiger partial charge on any atom is 0.190 e. The zero-order valence-electron chi connectivity index (χ0n) is 21.2. The number of pyridine rings is 1. The zero-order chi connectivity index (χ0) is 26.8. The second kappa shape index (κ2) is 9.06. The predicted octanol–water partition coefficient (Wildman–Crippen LogP) is 5.00. The van der Waals surface area contributed by atoms with E-state index in [9.17, 15) is 14.0 Å². The van der Waals surface area contributed by atoms with Gasteiger partial charge in [0.15, 0.2) is 17.4 Å². The van der Waals surface area contributed by atoms with Gasteiger partial charge in [0.1, 0.15) is 11.2 Å². The smallest absolute Gasteiger partial charge is 0.190 e. The molecule has 1 N–H and O–H groups in total. The van der Waals surface area contributed by atoms with E-state index in [4.69, 9.17) is 19.2 Å². The Morgan fingerprint density at radius 2 is 2.08 bits per heavy atom. The Balaban J connectivity index is 1.39. The first-order valence-corrected chi connectivity index (χ1v) is 13.6. The Kier molecular flexibility index (Phi) is 5.72. The Morgan fingerprint density at radius 3 is 2.74 bits per heavy atom. The van der Waals surface area contributed by atoms with Crippen molar-refractivity contribution in [2.45, 2.75) is 25.0 Å². The summed E-state index contributed by atoms with van der Waals surface area (Å²) in [6.45, 7) is 3.80. The second-order valence-electron chi connectivity index (χ2n) is 10.7. The van der Waals surface area contributed by atoms with Crippen molar-refractivity contribution in [2.75, 3.05) is 40.0 Å². The summed E-state index contributed by atoms with van der Waals surface area (Å²) < 4.78 is 46.9. The predicted molar refractivity (Wildman–Crippen MR) is 140 cm³/mol. The van der Waals surface area contributed by atoms with Crippen LogP contribution in [0.25, 0.3) is 32.7 Å². The lowest BCUT2D eigenvalue weighted by molar-refractivity contribution is -0.124. The molecule has 1 atom stereocenters. The molecule has 0 unspecified atom stereocenters. The number of H-pyrrole nitrogens is 1. The third kappa shape index (κ3) is 3.77. The fraction of sp³-hybridized carbons (Fsp3) is 0.393. The van der Waals surface area contributed by atoms with Gasteiger partial charge in [0.2, 0.25) is 0 Å². The number of thiazole rings is 1. The van der Waals surface area contributed by atoms with Crippen LogP contribution < -0.4 is 4.74 Å². The number of nitrogens with one attached hydrogen (secondary N) is 1. The van der Waals surface area contributed by atoms with Crippen LogP contribution in [0.15, 0.2) is 30.0 Å². The Morgan fingerprint density at radius 1 is 1.26 bits per heavy atom. The number of hydrogen-bond acceptors (Lipinski definition) is 8. The van der Waals surface area contributed by atoms with Crippen LogP contribution in [0.4, 0.5) is 8.78 Å². The number of nitrogens with zero attached hydrogens (tertiary/aromatic N) is 4. The molecule has 4 aromatic rings. The lowest BCUT2D eigenvalue weighted by Gasteiger charge is -2.42. The second-order valence-corrected chi connectivity index (χ2v) is 11.6. The minimum atomic E-state index is -0.777. The highest BCUT2D eigenvalue weighted by atomic mass is 32.1. The molecule has 1 spiro atoms. The van der Waals surface area contributed by atoms with E-state index in [0.29, 0.717) is 55.3 Å². The molecule has 3 aliphatic rings. The quantitative estimate of drug-likeness (QED) is 0.362. The van der Waals surface area contributed by atoms with Crippen molar-refractivity contribution in [2.24, 2.45) is 5.41 Å². The lowest BCUT2D eigenvalue weighted by atomic mass is 9.82. The summed E-state index contributed by atoms with van der Waals surface area (Å²) in [6, 6.07) is 4.93. The first-order chi connectivity index (χ1) is 19.0. The van der Waals surface area contributed by atoms with Crippen LogP contribution in [-0.2, 0) is 21.7 Å². The number of hydrogen-bond donors (Lipinski definition) is 1. The van der Waals surface area contributed by atoms with Crippen LogP contribution in [0.1, 0.15) is 24.0 Å². The molecule has 0 aliphatic carbocycles. The Hall–Kier alpha value is -3.43. The zero-order valence-corrected chi connectivity index (χ0v) is 22.0. The molecule has 0 saturated carbocycles. The van der Waals surface area contributed by atoms with Gasteiger partial charge in [-0.05, 0) is 24.1 Å². The van der Waals surface area contributed by atoms with Gasteiger partial charge in [-0.1, -0.05) is 0 Å². The van der Waals surface area contributed by atoms with E-state index in [0.717, 1.165) is 40.9 Å². The van der Waals surface area contributed by atoms with Crippen molar-refractivity contribution >= 4 is 22.4 Å². The van der Waals surface area contributed by atoms with Crippen LogP contribution in [0.3, 0.4) is 0 Å². The molecule has 2 saturated heterocycles. The van der Waals surface area contributed by atoms with Gasteiger partial charge in [0.05, 0.1) is 49.1 Å². The highest BCUT2D eigenvalue weighted by molar-refractivity contribution is 7.13. The summed E-state index contributed by atoms with van der Waals surface area (Å²) in [7, 11) is 1.25. The number of rotatable bonds is 6. The van der Waals surface area contributed by atoms with Gasteiger partial charge in [-0.25, -0.2) is 13.8 Å². The number of aromatic amines is 1. The molecule has 7 rings (SSSR count). The van der Waals surface area contributed by atoms with Crippen LogP contribution in [0.2, 0.25) is 0 Å². The van der Waals surface area contributed by atoms with Crippen LogP contribution in [0, 0.1) is 28.4 Å². The highest BCUT2D eigenvalue weighted by Gasteiger charge is 2.50. The fourth-order valence-corrected chi connectivity index (χ4v) is 7.05. The summed E-state index contributed by atoms with van der Waals surface area (Å²) in [5.74, 6) is -1.97. The van der Waals surface area contributed by atoms with Crippen molar-refractivity contribution in [3.05, 3.63) is 52.8 Å². The number of fused-ring (bicyclic) bond motifs is 4. The number of ether oxygens (including phenoxy) is 3. The van der Waals surface area contributed by atoms with Gasteiger partial charge in [0, 0.05) is 65.9 Å². The van der Waals surface area contributed by atoms with Crippen LogP contribution in [0.5, 0.6) is 5.75 Å². The van der Waals surface area contributed by atoms with Crippen molar-refractivity contribution in [1.82, 2.24) is 19.9 Å². The molecule has 2 fully saturated rings. The first-order valence-electron chi connectivity index (χ1n) is 12.7. The minimum absolute atomic E-state index is 0.147. The number of likely N-dealkylation sites (tertiary alicyclic amines) is 1. The van der Waals surface area contributed by atoms with Crippen molar-refractivity contribution in [3.63, 3.8) is 0 Å². The molecular formula is C28H25F2N5O3S. The maximum atomic E-state index is 15.0. The summed E-state index contributed by atoms with van der Waals surface area (Å²) in [5.41, 5.74) is 5.32. The molecule has 3 aromatic heterocycles. The van der Waals surface area contributed by atoms with Gasteiger partial charge in [0.25, 0.3) is 0 Å². The van der Waals surface area contributed by atoms with Gasteiger partial charge in [-0.15, -0.1) is 11.3 Å². The summed E-state index contributed by atoms with van der Waals surface area (Å²) in [5, 5.41) is 10.2. The maximum absolute atomic E-state index is 15.0. The highest BCUT2D eigenvalue weighted by Crippen LogP contribution is 2.51. The van der Waals surface area contributed by atoms with E-state index < -0.39 is 23.0 Å². The average molecular weight is 550 g/mol. The van der Waals surface area contributed by atoms with Gasteiger partial charge in [-0.3, -0.25) is 9.88 Å². The Bertz CT molecular complexity index is 1610. The summed E-state index contributed by atoms with van der Waals surface area (Å²) in [4.78, 5) is 15.5. The molecule has 3 aliphatic heterocycles. The molecule has 0 amide bonds. The molecule has 8 nitrogen and oxygen atoms in total. The summed E-state index contributed by atoms with van der Waals surface area (Å²) >= 11 is 1.43. The van der Waals surface area contributed by atoms with E-state index in [1.165, 1.54) is 30.6 Å². The SMILES string of the molecule is COc1c(F)cc(-c2c(-c3cncs3)[nH]c3ncc4c(c23)[C@]2(CCN(CC3(CC#N)COC3)C2)OC4)cc1F. The molecule has 200 valence electrons. The van der Waals surface area contributed by atoms with E-state index in [2.05, 4.69) is 20.9 Å². The topological polar surface area (TPSA) is 96.3 Å². The van der Waals surface area contributed by atoms with E-state index in [1.54, 1.807) is 11.7 Å². The molecule has 39 heavy (non-hydrogen) atoms. The van der Waals surface area contributed by atoms with E-state index in [1.807, 2.05) is 6.20 Å². The van der Waals surface area contributed by atoms with Crippen LogP contribution in [-0.4, -0.2) is 59.8 Å². The van der Waals surface area contributed by atoms with Gasteiger partial charge < -0.3 is 19.2 Å². The number of methoxy groups -OCH3 is 1. The Labute approximate surface area is 227 Å². The third-order valence-electron chi connectivity index (χ3n) is 8.17. The lowest BCUT2D eigenvalue weighted by Crippen LogP contribution is -2.50. The molecule has 6 heterocycles. The number of aromatic nitrogens is 3. The van der Waals surface area contributed by atoms with E-state index in [-0.39, 0.29) is 5.41 Å². The summed E-state index contributed by atoms with van der Waals surface area (Å²) in [6.07, 6.45) is 4.78. The first kappa shape index (κ1) is 24.6. The molecule has 1 aromatic carbocycles. The number of halogens is 2. The van der Waals surface area contributed by atoms with Crippen molar-refractivity contribution in [3.8, 4) is 33.5 Å². The normalized spacial score (nSPS) is 21.8. The third-order valence-corrected chi connectivity index (χ3v) is 8.96. The molecule has 11 heteroatoms. The average Bonchev–Trinajstić information content (AvgIpc) is 3.69. The number of benzene rings is 1. The minimum Gasteiger partial charge on any atom is -0.491 e. The van der Waals surface area contributed by atoms with Gasteiger partial charge >= 0.3 is 0 Å². The molecule has 0 bridgehead atoms. The van der Waals surface area contributed by atoms with Crippen molar-refractivity contribution < 1.29 is 23.0 Å². The van der Waals surface area contributed by atoms with Crippen molar-refractivity contribution in [1.29, 1.82) is 5.26 Å². The largest absolute Gasteiger partial charge is 0.491 e.